The van der Waals surface area contributed by atoms with Crippen molar-refractivity contribution < 1.29 is 32.2 Å². The Bertz CT molecular complexity index is 453. The third-order valence-electron chi connectivity index (χ3n) is 2.93. The van der Waals surface area contributed by atoms with E-state index in [2.05, 4.69) is 4.74 Å². The zero-order valence-electron chi connectivity index (χ0n) is 12.3. The molecule has 0 N–H and O–H groups in total. The largest absolute Gasteiger partial charge is 0.467 e. The van der Waals surface area contributed by atoms with E-state index in [0.29, 0.717) is 4.90 Å². The number of nitrogens with zero attached hydrogens (tertiary/aromatic N) is 1. The van der Waals surface area contributed by atoms with Crippen LogP contribution in [0.3, 0.4) is 0 Å². The molecule has 0 radical (unpaired) electrons. The summed E-state index contributed by atoms with van der Waals surface area (Å²) < 4.78 is 49.7. The molecule has 1 amide bonds. The Morgan fingerprint density at radius 1 is 1.19 bits per heavy atom. The fourth-order valence-corrected chi connectivity index (χ4v) is 1.99. The molecule has 120 valence electrons. The van der Waals surface area contributed by atoms with Gasteiger partial charge in [0.1, 0.15) is 5.60 Å². The third-order valence-corrected chi connectivity index (χ3v) is 2.93. The Morgan fingerprint density at radius 3 is 2.19 bits per heavy atom. The first-order chi connectivity index (χ1) is 9.45. The second-order valence-electron chi connectivity index (χ2n) is 5.62. The van der Waals surface area contributed by atoms with Crippen LogP contribution >= 0.6 is 0 Å². The predicted molar refractivity (Wildman–Crippen MR) is 67.5 cm³/mol. The molecule has 5 nitrogen and oxygen atoms in total. The van der Waals surface area contributed by atoms with Gasteiger partial charge in [0, 0.05) is 13.0 Å². The molecule has 0 spiro atoms. The smallest absolute Gasteiger partial charge is 0.423 e. The van der Waals surface area contributed by atoms with Gasteiger partial charge in [-0.05, 0) is 20.8 Å². The fourth-order valence-electron chi connectivity index (χ4n) is 1.99. The Labute approximate surface area is 120 Å². The summed E-state index contributed by atoms with van der Waals surface area (Å²) in [6.07, 6.45) is -4.33. The lowest BCUT2D eigenvalue weighted by Crippen LogP contribution is -2.67. The highest BCUT2D eigenvalue weighted by Gasteiger charge is 2.66. The predicted octanol–water partition coefficient (Wildman–Crippen LogP) is 2.66. The lowest BCUT2D eigenvalue weighted by molar-refractivity contribution is -0.235. The zero-order valence-corrected chi connectivity index (χ0v) is 12.3. The molecule has 1 aliphatic heterocycles. The molecular formula is C13H18F3NO4. The molecular weight excluding hydrogens is 291 g/mol. The summed E-state index contributed by atoms with van der Waals surface area (Å²) >= 11 is 0. The van der Waals surface area contributed by atoms with Crippen molar-refractivity contribution in [1.29, 1.82) is 0 Å². The number of hydrogen-bond acceptors (Lipinski definition) is 4. The number of halogens is 3. The highest BCUT2D eigenvalue weighted by atomic mass is 19.4. The van der Waals surface area contributed by atoms with Gasteiger partial charge in [0.25, 0.3) is 0 Å². The minimum absolute atomic E-state index is 0.365. The Kier molecular flexibility index (Phi) is 4.60. The van der Waals surface area contributed by atoms with Crippen molar-refractivity contribution in [2.24, 2.45) is 0 Å². The lowest BCUT2D eigenvalue weighted by atomic mass is 9.89. The molecule has 1 rings (SSSR count). The standard InChI is InChI=1S/C13H18F3NO4/c1-11(2,3)21-10(19)17-8-6-5-7-12(17,9(18)20-4)13(14,15)16/h5-6H,7-8H2,1-4H3. The van der Waals surface area contributed by atoms with E-state index in [9.17, 15) is 22.8 Å². The van der Waals surface area contributed by atoms with Crippen LogP contribution in [0.15, 0.2) is 12.2 Å². The van der Waals surface area contributed by atoms with Crippen molar-refractivity contribution in [3.63, 3.8) is 0 Å². The van der Waals surface area contributed by atoms with Crippen LogP contribution in [0.2, 0.25) is 0 Å². The molecule has 0 bridgehead atoms. The van der Waals surface area contributed by atoms with E-state index in [-0.39, 0.29) is 6.54 Å². The van der Waals surface area contributed by atoms with Crippen LogP contribution in [0.4, 0.5) is 18.0 Å². The second kappa shape index (κ2) is 5.57. The van der Waals surface area contributed by atoms with Gasteiger partial charge in [-0.1, -0.05) is 12.2 Å². The Hall–Kier alpha value is -1.73. The van der Waals surface area contributed by atoms with Gasteiger partial charge in [-0.2, -0.15) is 13.2 Å². The second-order valence-corrected chi connectivity index (χ2v) is 5.62. The van der Waals surface area contributed by atoms with E-state index >= 15 is 0 Å². The molecule has 1 atom stereocenters. The first-order valence-electron chi connectivity index (χ1n) is 6.26. The van der Waals surface area contributed by atoms with Crippen LogP contribution < -0.4 is 0 Å². The average Bonchev–Trinajstić information content (AvgIpc) is 2.34. The van der Waals surface area contributed by atoms with E-state index in [1.165, 1.54) is 32.9 Å². The molecule has 0 aliphatic carbocycles. The minimum atomic E-state index is -4.98. The van der Waals surface area contributed by atoms with Crippen LogP contribution in [0.1, 0.15) is 27.2 Å². The number of rotatable bonds is 1. The van der Waals surface area contributed by atoms with E-state index in [4.69, 9.17) is 4.74 Å². The number of ether oxygens (including phenoxy) is 2. The summed E-state index contributed by atoms with van der Waals surface area (Å²) in [6.45, 7) is 4.19. The SMILES string of the molecule is COC(=O)C1(C(F)(F)F)CC=CCN1C(=O)OC(C)(C)C. The number of alkyl halides is 3. The monoisotopic (exact) mass is 309 g/mol. The third kappa shape index (κ3) is 3.30. The number of amides is 1. The molecule has 0 aromatic carbocycles. The number of methoxy groups -OCH3 is 1. The number of carbonyl (C=O) groups excluding carboxylic acids is 2. The summed E-state index contributed by atoms with van der Waals surface area (Å²) in [5.41, 5.74) is -4.04. The zero-order chi connectivity index (χ0) is 16.5. The van der Waals surface area contributed by atoms with Crippen LogP contribution in [-0.4, -0.2) is 47.9 Å². The summed E-state index contributed by atoms with van der Waals surface area (Å²) in [6, 6.07) is 0. The molecule has 8 heteroatoms. The molecule has 1 heterocycles. The average molecular weight is 309 g/mol. The van der Waals surface area contributed by atoms with E-state index < -0.39 is 35.8 Å². The van der Waals surface area contributed by atoms with Gasteiger partial charge in [0.05, 0.1) is 7.11 Å². The van der Waals surface area contributed by atoms with Crippen molar-refractivity contribution in [3.8, 4) is 0 Å². The van der Waals surface area contributed by atoms with Gasteiger partial charge >= 0.3 is 18.2 Å². The number of esters is 1. The van der Waals surface area contributed by atoms with Crippen LogP contribution in [0.5, 0.6) is 0 Å². The highest BCUT2D eigenvalue weighted by molar-refractivity contribution is 5.87. The molecule has 1 unspecified atom stereocenters. The fraction of sp³-hybridized carbons (Fsp3) is 0.692. The van der Waals surface area contributed by atoms with E-state index in [1.807, 2.05) is 0 Å². The van der Waals surface area contributed by atoms with Gasteiger partial charge in [0.2, 0.25) is 5.54 Å². The van der Waals surface area contributed by atoms with Gasteiger partial charge in [-0.25, -0.2) is 9.59 Å². The van der Waals surface area contributed by atoms with E-state index in [0.717, 1.165) is 7.11 Å². The first kappa shape index (κ1) is 17.3. The van der Waals surface area contributed by atoms with Crippen LogP contribution in [-0.2, 0) is 14.3 Å². The van der Waals surface area contributed by atoms with Gasteiger partial charge in [-0.3, -0.25) is 4.90 Å². The maximum atomic E-state index is 13.5. The van der Waals surface area contributed by atoms with Crippen molar-refractivity contribution in [3.05, 3.63) is 12.2 Å². The van der Waals surface area contributed by atoms with Crippen LogP contribution in [0, 0.1) is 0 Å². The number of carbonyl (C=O) groups is 2. The molecule has 21 heavy (non-hydrogen) atoms. The van der Waals surface area contributed by atoms with Crippen molar-refractivity contribution in [2.45, 2.75) is 44.5 Å². The normalized spacial score (nSPS) is 22.9. The summed E-state index contributed by atoms with van der Waals surface area (Å²) in [7, 11) is 0.849. The Morgan fingerprint density at radius 2 is 1.76 bits per heavy atom. The van der Waals surface area contributed by atoms with Crippen molar-refractivity contribution in [2.75, 3.05) is 13.7 Å². The van der Waals surface area contributed by atoms with Gasteiger partial charge in [-0.15, -0.1) is 0 Å². The first-order valence-corrected chi connectivity index (χ1v) is 6.26. The lowest BCUT2D eigenvalue weighted by Gasteiger charge is -2.43. The van der Waals surface area contributed by atoms with Crippen molar-refractivity contribution >= 4 is 12.1 Å². The molecule has 0 fully saturated rings. The topological polar surface area (TPSA) is 55.8 Å². The number of hydrogen-bond donors (Lipinski definition) is 0. The molecule has 1 aliphatic rings. The van der Waals surface area contributed by atoms with Gasteiger partial charge in [0.15, 0.2) is 0 Å². The minimum Gasteiger partial charge on any atom is -0.467 e. The summed E-state index contributed by atoms with van der Waals surface area (Å²) in [5.74, 6) is -1.54. The Balaban J connectivity index is 3.28. The van der Waals surface area contributed by atoms with Crippen LogP contribution in [0.25, 0.3) is 0 Å². The molecule has 0 saturated carbocycles. The van der Waals surface area contributed by atoms with E-state index in [1.54, 1.807) is 0 Å². The quantitative estimate of drug-likeness (QED) is 0.552. The van der Waals surface area contributed by atoms with Crippen molar-refractivity contribution in [1.82, 2.24) is 4.90 Å². The summed E-state index contributed by atoms with van der Waals surface area (Å²) in [4.78, 5) is 24.2. The maximum Gasteiger partial charge on any atom is 0.423 e. The highest BCUT2D eigenvalue weighted by Crippen LogP contribution is 2.42. The molecule has 0 aromatic heterocycles. The molecule has 0 saturated heterocycles. The summed E-state index contributed by atoms with van der Waals surface area (Å²) in [5, 5.41) is 0. The molecule has 0 aromatic rings. The van der Waals surface area contributed by atoms with Gasteiger partial charge < -0.3 is 9.47 Å². The maximum absolute atomic E-state index is 13.5.